The van der Waals surface area contributed by atoms with Gasteiger partial charge < -0.3 is 10.1 Å². The van der Waals surface area contributed by atoms with Gasteiger partial charge in [-0.05, 0) is 24.3 Å². The van der Waals surface area contributed by atoms with Gasteiger partial charge in [0.15, 0.2) is 5.03 Å². The number of sulfonamides is 1. The van der Waals surface area contributed by atoms with Crippen molar-refractivity contribution in [2.75, 3.05) is 11.3 Å². The number of aromatic amines is 1. The van der Waals surface area contributed by atoms with Gasteiger partial charge in [-0.3, -0.25) is 4.72 Å². The van der Waals surface area contributed by atoms with E-state index in [4.69, 9.17) is 5.11 Å². The van der Waals surface area contributed by atoms with Crippen molar-refractivity contribution >= 4 is 15.7 Å². The van der Waals surface area contributed by atoms with Crippen molar-refractivity contribution < 1.29 is 13.5 Å². The van der Waals surface area contributed by atoms with Crippen LogP contribution in [0.4, 0.5) is 5.69 Å². The first kappa shape index (κ1) is 13.1. The predicted molar refractivity (Wildman–Crippen MR) is 69.8 cm³/mol. The minimum atomic E-state index is -3.64. The fourth-order valence-electron chi connectivity index (χ4n) is 1.36. The number of nitrogens with zero attached hydrogens (tertiary/aromatic N) is 1. The molecular formula is C12H11N3O3S. The van der Waals surface area contributed by atoms with E-state index in [-0.39, 0.29) is 11.6 Å². The van der Waals surface area contributed by atoms with Gasteiger partial charge in [0.1, 0.15) is 6.61 Å². The summed E-state index contributed by atoms with van der Waals surface area (Å²) in [4.78, 5) is 6.19. The Morgan fingerprint density at radius 2 is 2.05 bits per heavy atom. The quantitative estimate of drug-likeness (QED) is 0.714. The molecular weight excluding hydrogens is 266 g/mol. The van der Waals surface area contributed by atoms with Crippen LogP contribution in [-0.2, 0) is 10.0 Å². The molecule has 0 fully saturated rings. The average molecular weight is 277 g/mol. The van der Waals surface area contributed by atoms with Gasteiger partial charge in [0.25, 0.3) is 10.0 Å². The Kier molecular flexibility index (Phi) is 3.85. The van der Waals surface area contributed by atoms with E-state index in [1.54, 1.807) is 24.3 Å². The lowest BCUT2D eigenvalue weighted by atomic mass is 10.2. The Labute approximate surface area is 110 Å². The van der Waals surface area contributed by atoms with E-state index in [1.165, 1.54) is 12.5 Å². The van der Waals surface area contributed by atoms with Crippen LogP contribution < -0.4 is 4.72 Å². The van der Waals surface area contributed by atoms with Crippen molar-refractivity contribution in [1.82, 2.24) is 9.97 Å². The highest BCUT2D eigenvalue weighted by Gasteiger charge is 2.15. The van der Waals surface area contributed by atoms with Crippen molar-refractivity contribution in [3.8, 4) is 11.8 Å². The first-order valence-electron chi connectivity index (χ1n) is 5.33. The zero-order valence-electron chi connectivity index (χ0n) is 9.79. The van der Waals surface area contributed by atoms with E-state index < -0.39 is 10.0 Å². The van der Waals surface area contributed by atoms with Gasteiger partial charge in [0, 0.05) is 11.3 Å². The average Bonchev–Trinajstić information content (AvgIpc) is 2.92. The summed E-state index contributed by atoms with van der Waals surface area (Å²) < 4.78 is 26.2. The van der Waals surface area contributed by atoms with Crippen LogP contribution in [0.3, 0.4) is 0 Å². The molecule has 2 aromatic rings. The maximum atomic E-state index is 11.9. The molecule has 0 aliphatic carbocycles. The topological polar surface area (TPSA) is 95.1 Å². The predicted octanol–water partition coefficient (Wildman–Crippen LogP) is 0.554. The number of aromatic nitrogens is 2. The Morgan fingerprint density at radius 3 is 2.63 bits per heavy atom. The number of benzene rings is 1. The van der Waals surface area contributed by atoms with Crippen LogP contribution in [-0.4, -0.2) is 30.1 Å². The number of H-pyrrole nitrogens is 1. The minimum Gasteiger partial charge on any atom is -0.384 e. The van der Waals surface area contributed by atoms with Crippen LogP contribution in [0.15, 0.2) is 41.8 Å². The van der Waals surface area contributed by atoms with Gasteiger partial charge in [0.2, 0.25) is 0 Å². The van der Waals surface area contributed by atoms with Crippen LogP contribution in [0.2, 0.25) is 0 Å². The molecule has 7 heteroatoms. The van der Waals surface area contributed by atoms with Gasteiger partial charge in [-0.2, -0.15) is 8.42 Å². The molecule has 1 aromatic heterocycles. The van der Waals surface area contributed by atoms with Crippen molar-refractivity contribution in [2.24, 2.45) is 0 Å². The standard InChI is InChI=1S/C12H11N3O3S/c16-7-1-2-10-3-5-11(6-4-10)15-19(17,18)12-8-13-9-14-12/h3-6,8-9,15-16H,7H2,(H,13,14). The lowest BCUT2D eigenvalue weighted by Gasteiger charge is -2.05. The van der Waals surface area contributed by atoms with Crippen LogP contribution in [0.1, 0.15) is 5.56 Å². The molecule has 0 radical (unpaired) electrons. The molecule has 0 aliphatic heterocycles. The van der Waals surface area contributed by atoms with Crippen molar-refractivity contribution in [3.05, 3.63) is 42.4 Å². The third-order valence-corrected chi connectivity index (χ3v) is 3.52. The Bertz CT molecular complexity index is 695. The Balaban J connectivity index is 2.16. The molecule has 0 atom stereocenters. The number of imidazole rings is 1. The summed E-state index contributed by atoms with van der Waals surface area (Å²) in [5.41, 5.74) is 1.11. The normalized spacial score (nSPS) is 10.6. The number of rotatable bonds is 3. The second-order valence-corrected chi connectivity index (χ2v) is 5.21. The number of nitrogens with one attached hydrogen (secondary N) is 2. The first-order chi connectivity index (χ1) is 9.12. The molecule has 2 rings (SSSR count). The summed E-state index contributed by atoms with van der Waals surface area (Å²) in [6.07, 6.45) is 2.52. The largest absolute Gasteiger partial charge is 0.384 e. The highest BCUT2D eigenvalue weighted by molar-refractivity contribution is 7.92. The monoisotopic (exact) mass is 277 g/mol. The summed E-state index contributed by atoms with van der Waals surface area (Å²) in [7, 11) is -3.64. The number of aliphatic hydroxyl groups excluding tert-OH is 1. The number of anilines is 1. The number of hydrogen-bond donors (Lipinski definition) is 3. The fraction of sp³-hybridized carbons (Fsp3) is 0.0833. The molecule has 0 bridgehead atoms. The summed E-state index contributed by atoms with van der Waals surface area (Å²) >= 11 is 0. The second-order valence-electron chi connectivity index (χ2n) is 3.56. The number of hydrogen-bond acceptors (Lipinski definition) is 4. The maximum Gasteiger partial charge on any atom is 0.278 e. The van der Waals surface area contributed by atoms with E-state index in [0.29, 0.717) is 11.3 Å². The zero-order valence-corrected chi connectivity index (χ0v) is 10.6. The Morgan fingerprint density at radius 1 is 1.32 bits per heavy atom. The fourth-order valence-corrected chi connectivity index (χ4v) is 2.33. The molecule has 1 aromatic carbocycles. The molecule has 98 valence electrons. The third-order valence-electron chi connectivity index (χ3n) is 2.21. The number of aliphatic hydroxyl groups is 1. The summed E-state index contributed by atoms with van der Waals surface area (Å²) in [6.45, 7) is -0.214. The maximum absolute atomic E-state index is 11.9. The molecule has 0 amide bonds. The lowest BCUT2D eigenvalue weighted by molar-refractivity contribution is 0.350. The highest BCUT2D eigenvalue weighted by Crippen LogP contribution is 2.14. The van der Waals surface area contributed by atoms with Crippen molar-refractivity contribution in [3.63, 3.8) is 0 Å². The van der Waals surface area contributed by atoms with E-state index in [2.05, 4.69) is 26.5 Å². The van der Waals surface area contributed by atoms with Gasteiger partial charge in [-0.15, -0.1) is 0 Å². The van der Waals surface area contributed by atoms with Crippen LogP contribution in [0, 0.1) is 11.8 Å². The van der Waals surface area contributed by atoms with Gasteiger partial charge in [0.05, 0.1) is 12.5 Å². The Hall–Kier alpha value is -2.30. The molecule has 0 spiro atoms. The molecule has 0 aliphatic rings. The van der Waals surface area contributed by atoms with Gasteiger partial charge in [-0.25, -0.2) is 4.98 Å². The molecule has 6 nitrogen and oxygen atoms in total. The molecule has 3 N–H and O–H groups in total. The van der Waals surface area contributed by atoms with Crippen molar-refractivity contribution in [2.45, 2.75) is 5.03 Å². The summed E-state index contributed by atoms with van der Waals surface area (Å²) in [6, 6.07) is 6.51. The third kappa shape index (κ3) is 3.34. The van der Waals surface area contributed by atoms with E-state index in [1.807, 2.05) is 0 Å². The SMILES string of the molecule is O=S(=O)(Nc1ccc(C#CCO)cc1)c1cnc[nH]1. The summed E-state index contributed by atoms with van der Waals surface area (Å²) in [5, 5.41) is 8.56. The smallest absolute Gasteiger partial charge is 0.278 e. The van der Waals surface area contributed by atoms with E-state index in [0.717, 1.165) is 0 Å². The minimum absolute atomic E-state index is 0.00310. The first-order valence-corrected chi connectivity index (χ1v) is 6.81. The molecule has 0 saturated carbocycles. The summed E-state index contributed by atoms with van der Waals surface area (Å²) in [5.74, 6) is 5.23. The zero-order chi connectivity index (χ0) is 13.7. The van der Waals surface area contributed by atoms with Crippen molar-refractivity contribution in [1.29, 1.82) is 0 Å². The van der Waals surface area contributed by atoms with Crippen LogP contribution in [0.25, 0.3) is 0 Å². The van der Waals surface area contributed by atoms with E-state index >= 15 is 0 Å². The van der Waals surface area contributed by atoms with Gasteiger partial charge >= 0.3 is 0 Å². The van der Waals surface area contributed by atoms with Crippen LogP contribution in [0.5, 0.6) is 0 Å². The lowest BCUT2D eigenvalue weighted by Crippen LogP contribution is -2.13. The highest BCUT2D eigenvalue weighted by atomic mass is 32.2. The van der Waals surface area contributed by atoms with Gasteiger partial charge in [-0.1, -0.05) is 11.8 Å². The molecule has 0 unspecified atom stereocenters. The second kappa shape index (κ2) is 5.56. The van der Waals surface area contributed by atoms with E-state index in [9.17, 15) is 8.42 Å². The molecule has 0 saturated heterocycles. The van der Waals surface area contributed by atoms with Crippen LogP contribution >= 0.6 is 0 Å². The molecule has 1 heterocycles. The molecule has 19 heavy (non-hydrogen) atoms.